The molecule has 0 amide bonds. The molecule has 0 bridgehead atoms. The Bertz CT molecular complexity index is 135. The monoisotopic (exact) mass is 130 g/mol. The Morgan fingerprint density at radius 2 is 1.78 bits per heavy atom. The summed E-state index contributed by atoms with van der Waals surface area (Å²) < 4.78 is 4.12. The summed E-state index contributed by atoms with van der Waals surface area (Å²) >= 11 is 0. The second-order valence-electron chi connectivity index (χ2n) is 1.91. The summed E-state index contributed by atoms with van der Waals surface area (Å²) in [6.07, 6.45) is -0.962. The van der Waals surface area contributed by atoms with Crippen molar-refractivity contribution in [3.05, 3.63) is 0 Å². The number of carbonyl (C=O) groups excluding carboxylic acids is 2. The van der Waals surface area contributed by atoms with E-state index in [0.717, 1.165) is 0 Å². The molecule has 1 aliphatic rings. The van der Waals surface area contributed by atoms with Crippen LogP contribution in [-0.4, -0.2) is 23.1 Å². The molecule has 9 heavy (non-hydrogen) atoms. The van der Waals surface area contributed by atoms with E-state index in [0.29, 0.717) is 0 Å². The van der Waals surface area contributed by atoms with Crippen LogP contribution in [0.4, 0.5) is 0 Å². The first kappa shape index (κ1) is 6.22. The third kappa shape index (κ3) is 1.50. The lowest BCUT2D eigenvalue weighted by Gasteiger charge is -2.13. The minimum Gasteiger partial charge on any atom is -0.393 e. The van der Waals surface area contributed by atoms with Crippen molar-refractivity contribution in [2.75, 3.05) is 0 Å². The highest BCUT2D eigenvalue weighted by atomic mass is 16.6. The van der Waals surface area contributed by atoms with Crippen molar-refractivity contribution in [2.24, 2.45) is 0 Å². The summed E-state index contributed by atoms with van der Waals surface area (Å²) in [4.78, 5) is 20.6. The summed E-state index contributed by atoms with van der Waals surface area (Å²) in [5.41, 5.74) is 0. The van der Waals surface area contributed by atoms with E-state index < -0.39 is 18.0 Å². The average Bonchev–Trinajstić information content (AvgIpc) is 1.59. The van der Waals surface area contributed by atoms with Crippen molar-refractivity contribution in [1.82, 2.24) is 0 Å². The molecule has 1 fully saturated rings. The molecule has 0 spiro atoms. The highest BCUT2D eigenvalue weighted by molar-refractivity contribution is 5.88. The Morgan fingerprint density at radius 3 is 2.11 bits per heavy atom. The summed E-state index contributed by atoms with van der Waals surface area (Å²) in [7, 11) is 0. The maximum Gasteiger partial charge on any atom is 0.316 e. The van der Waals surface area contributed by atoms with E-state index in [1.807, 2.05) is 0 Å². The molecule has 0 saturated carbocycles. The van der Waals surface area contributed by atoms with Crippen molar-refractivity contribution in [2.45, 2.75) is 18.9 Å². The zero-order chi connectivity index (χ0) is 6.85. The molecule has 4 nitrogen and oxygen atoms in total. The Labute approximate surface area is 51.4 Å². The molecule has 0 radical (unpaired) electrons. The molecule has 0 aromatic carbocycles. The lowest BCUT2D eigenvalue weighted by atomic mass is 10.1. The van der Waals surface area contributed by atoms with Crippen LogP contribution >= 0.6 is 0 Å². The maximum absolute atomic E-state index is 10.3. The van der Waals surface area contributed by atoms with E-state index in [1.165, 1.54) is 0 Å². The van der Waals surface area contributed by atoms with E-state index in [-0.39, 0.29) is 12.8 Å². The van der Waals surface area contributed by atoms with Gasteiger partial charge in [-0.1, -0.05) is 0 Å². The predicted octanol–water partition coefficient (Wildman–Crippen LogP) is -0.789. The average molecular weight is 130 g/mol. The van der Waals surface area contributed by atoms with E-state index in [4.69, 9.17) is 5.11 Å². The Kier molecular flexibility index (Phi) is 1.48. The van der Waals surface area contributed by atoms with Crippen LogP contribution in [0.15, 0.2) is 0 Å². The molecule has 0 atom stereocenters. The number of hydrogen-bond acceptors (Lipinski definition) is 4. The van der Waals surface area contributed by atoms with Gasteiger partial charge in [-0.2, -0.15) is 0 Å². The summed E-state index contributed by atoms with van der Waals surface area (Å²) in [6, 6.07) is 0. The third-order valence-corrected chi connectivity index (χ3v) is 1.03. The Hall–Kier alpha value is -0.900. The summed E-state index contributed by atoms with van der Waals surface area (Å²) in [5, 5.41) is 8.73. The molecular weight excluding hydrogens is 124 g/mol. The Morgan fingerprint density at radius 1 is 1.33 bits per heavy atom. The molecule has 0 aromatic rings. The van der Waals surface area contributed by atoms with E-state index in [1.54, 1.807) is 0 Å². The molecule has 4 heteroatoms. The molecule has 1 N–H and O–H groups in total. The second-order valence-corrected chi connectivity index (χ2v) is 1.91. The molecule has 0 unspecified atom stereocenters. The molecule has 1 aliphatic heterocycles. The van der Waals surface area contributed by atoms with Crippen LogP contribution in [-0.2, 0) is 14.3 Å². The molecule has 1 saturated heterocycles. The SMILES string of the molecule is O=C1CC(O)CC(=O)O1. The van der Waals surface area contributed by atoms with Crippen molar-refractivity contribution in [3.63, 3.8) is 0 Å². The molecule has 1 rings (SSSR count). The minimum atomic E-state index is -0.834. The van der Waals surface area contributed by atoms with Crippen LogP contribution in [0.25, 0.3) is 0 Å². The van der Waals surface area contributed by atoms with Gasteiger partial charge in [-0.05, 0) is 0 Å². The van der Waals surface area contributed by atoms with Gasteiger partial charge in [0.25, 0.3) is 0 Å². The first-order valence-electron chi connectivity index (χ1n) is 2.60. The first-order valence-corrected chi connectivity index (χ1v) is 2.60. The largest absolute Gasteiger partial charge is 0.393 e. The van der Waals surface area contributed by atoms with Gasteiger partial charge in [0.15, 0.2) is 0 Å². The molecule has 50 valence electrons. The summed E-state index contributed by atoms with van der Waals surface area (Å²) in [5.74, 6) is -1.28. The van der Waals surface area contributed by atoms with Gasteiger partial charge in [-0.25, -0.2) is 0 Å². The lowest BCUT2D eigenvalue weighted by molar-refractivity contribution is -0.167. The van der Waals surface area contributed by atoms with Gasteiger partial charge in [0, 0.05) is 0 Å². The molecule has 1 heterocycles. The lowest BCUT2D eigenvalue weighted by Crippen LogP contribution is -2.28. The van der Waals surface area contributed by atoms with Gasteiger partial charge in [-0.3, -0.25) is 9.59 Å². The predicted molar refractivity (Wildman–Crippen MR) is 26.3 cm³/mol. The standard InChI is InChI=1S/C5H6O4/c6-3-1-4(7)9-5(8)2-3/h3,6H,1-2H2. The van der Waals surface area contributed by atoms with Crippen LogP contribution in [0.2, 0.25) is 0 Å². The van der Waals surface area contributed by atoms with Gasteiger partial charge in [0.05, 0.1) is 18.9 Å². The number of hydrogen-bond donors (Lipinski definition) is 1. The number of ether oxygens (including phenoxy) is 1. The van der Waals surface area contributed by atoms with Crippen LogP contribution < -0.4 is 0 Å². The second kappa shape index (κ2) is 2.14. The van der Waals surface area contributed by atoms with Gasteiger partial charge in [0.2, 0.25) is 0 Å². The zero-order valence-electron chi connectivity index (χ0n) is 4.66. The van der Waals surface area contributed by atoms with Gasteiger partial charge < -0.3 is 9.84 Å². The van der Waals surface area contributed by atoms with Crippen molar-refractivity contribution in [1.29, 1.82) is 0 Å². The summed E-state index contributed by atoms with van der Waals surface area (Å²) in [6.45, 7) is 0. The first-order chi connectivity index (χ1) is 4.18. The minimum absolute atomic E-state index is 0.0638. The van der Waals surface area contributed by atoms with Crippen LogP contribution in [0, 0.1) is 0 Å². The number of rotatable bonds is 0. The fraction of sp³-hybridized carbons (Fsp3) is 0.600. The highest BCUT2D eigenvalue weighted by Gasteiger charge is 2.24. The smallest absolute Gasteiger partial charge is 0.316 e. The quantitative estimate of drug-likeness (QED) is 0.345. The van der Waals surface area contributed by atoms with Gasteiger partial charge >= 0.3 is 11.9 Å². The molecular formula is C5H6O4. The van der Waals surface area contributed by atoms with Crippen molar-refractivity contribution >= 4 is 11.9 Å². The topological polar surface area (TPSA) is 63.6 Å². The maximum atomic E-state index is 10.3. The third-order valence-electron chi connectivity index (χ3n) is 1.03. The number of aliphatic hydroxyl groups is 1. The van der Waals surface area contributed by atoms with E-state index >= 15 is 0 Å². The van der Waals surface area contributed by atoms with Crippen LogP contribution in [0.5, 0.6) is 0 Å². The fourth-order valence-electron chi connectivity index (χ4n) is 0.667. The normalized spacial score (nSPS) is 21.9. The molecule has 0 aliphatic carbocycles. The highest BCUT2D eigenvalue weighted by Crippen LogP contribution is 2.07. The van der Waals surface area contributed by atoms with Crippen LogP contribution in [0.3, 0.4) is 0 Å². The van der Waals surface area contributed by atoms with Crippen molar-refractivity contribution in [3.8, 4) is 0 Å². The van der Waals surface area contributed by atoms with Gasteiger partial charge in [0.1, 0.15) is 0 Å². The number of carbonyl (C=O) groups is 2. The van der Waals surface area contributed by atoms with Gasteiger partial charge in [-0.15, -0.1) is 0 Å². The van der Waals surface area contributed by atoms with Crippen LogP contribution in [0.1, 0.15) is 12.8 Å². The molecule has 0 aromatic heterocycles. The van der Waals surface area contributed by atoms with E-state index in [9.17, 15) is 9.59 Å². The van der Waals surface area contributed by atoms with Crippen molar-refractivity contribution < 1.29 is 19.4 Å². The number of cyclic esters (lactones) is 2. The zero-order valence-corrected chi connectivity index (χ0v) is 4.66. The number of esters is 2. The fourth-order valence-corrected chi connectivity index (χ4v) is 0.667. The van der Waals surface area contributed by atoms with E-state index in [2.05, 4.69) is 4.74 Å². The Balaban J connectivity index is 2.53. The number of aliphatic hydroxyl groups excluding tert-OH is 1.